The SMILES string of the molecule is C[C@H](C(=O)NC1CC1)N1CCN(S(=O)(=O)c2ccc(OC(F)(F)F)cc2)CC1. The van der Waals surface area contributed by atoms with E-state index in [4.69, 9.17) is 0 Å². The molecule has 0 aromatic heterocycles. The predicted octanol–water partition coefficient (Wildman–Crippen LogP) is 1.56. The second-order valence-electron chi connectivity index (χ2n) is 6.92. The minimum absolute atomic E-state index is 0.0564. The molecule has 3 rings (SSSR count). The van der Waals surface area contributed by atoms with Crippen LogP contribution in [0, 0.1) is 0 Å². The highest BCUT2D eigenvalue weighted by molar-refractivity contribution is 7.89. The summed E-state index contributed by atoms with van der Waals surface area (Å²) in [5, 5.41) is 2.94. The van der Waals surface area contributed by atoms with Gasteiger partial charge in [-0.15, -0.1) is 13.2 Å². The van der Waals surface area contributed by atoms with Crippen molar-refractivity contribution in [2.24, 2.45) is 0 Å². The summed E-state index contributed by atoms with van der Waals surface area (Å²) < 4.78 is 67.1. The summed E-state index contributed by atoms with van der Waals surface area (Å²) in [5.74, 6) is -0.536. The zero-order valence-corrected chi connectivity index (χ0v) is 16.1. The zero-order valence-electron chi connectivity index (χ0n) is 15.3. The third-order valence-corrected chi connectivity index (χ3v) is 6.73. The normalized spacial score (nSPS) is 20.6. The number of carbonyl (C=O) groups is 1. The fourth-order valence-electron chi connectivity index (χ4n) is 3.01. The van der Waals surface area contributed by atoms with Crippen LogP contribution in [0.25, 0.3) is 0 Å². The molecule has 1 N–H and O–H groups in total. The molecule has 0 bridgehead atoms. The van der Waals surface area contributed by atoms with Crippen LogP contribution in [0.5, 0.6) is 5.75 Å². The maximum atomic E-state index is 12.7. The standard InChI is InChI=1S/C17H22F3N3O4S/c1-12(16(24)21-13-2-3-13)22-8-10-23(11-9-22)28(25,26)15-6-4-14(5-7-15)27-17(18,19)20/h4-7,12-13H,2-3,8-11H2,1H3,(H,21,24)/t12-/m1/s1. The first kappa shape index (κ1) is 20.9. The second-order valence-corrected chi connectivity index (χ2v) is 8.86. The van der Waals surface area contributed by atoms with Crippen LogP contribution in [0.4, 0.5) is 13.2 Å². The number of piperazine rings is 1. The molecule has 1 aliphatic heterocycles. The maximum absolute atomic E-state index is 12.7. The lowest BCUT2D eigenvalue weighted by Gasteiger charge is -2.36. The molecule has 0 unspecified atom stereocenters. The van der Waals surface area contributed by atoms with Crippen molar-refractivity contribution >= 4 is 15.9 Å². The number of amides is 1. The van der Waals surface area contributed by atoms with Gasteiger partial charge in [0.15, 0.2) is 0 Å². The van der Waals surface area contributed by atoms with Gasteiger partial charge in [-0.25, -0.2) is 8.42 Å². The van der Waals surface area contributed by atoms with Gasteiger partial charge in [-0.2, -0.15) is 4.31 Å². The van der Waals surface area contributed by atoms with Gasteiger partial charge in [-0.05, 0) is 44.0 Å². The lowest BCUT2D eigenvalue weighted by Crippen LogP contribution is -2.55. The highest BCUT2D eigenvalue weighted by atomic mass is 32.2. The van der Waals surface area contributed by atoms with Gasteiger partial charge in [-0.3, -0.25) is 9.69 Å². The van der Waals surface area contributed by atoms with Crippen LogP contribution in [0.2, 0.25) is 0 Å². The number of halogens is 3. The number of hydrogen-bond donors (Lipinski definition) is 1. The maximum Gasteiger partial charge on any atom is 0.573 e. The van der Waals surface area contributed by atoms with E-state index >= 15 is 0 Å². The Hall–Kier alpha value is -1.85. The molecule has 1 aromatic carbocycles. The van der Waals surface area contributed by atoms with Gasteiger partial charge >= 0.3 is 6.36 Å². The summed E-state index contributed by atoms with van der Waals surface area (Å²) in [4.78, 5) is 14.0. The number of hydrogen-bond acceptors (Lipinski definition) is 5. The van der Waals surface area contributed by atoms with Crippen LogP contribution in [0.1, 0.15) is 19.8 Å². The molecule has 156 valence electrons. The highest BCUT2D eigenvalue weighted by Gasteiger charge is 2.34. The van der Waals surface area contributed by atoms with Crippen molar-refractivity contribution < 1.29 is 31.1 Å². The molecule has 2 fully saturated rings. The van der Waals surface area contributed by atoms with Crippen LogP contribution < -0.4 is 10.1 Å². The monoisotopic (exact) mass is 421 g/mol. The van der Waals surface area contributed by atoms with E-state index in [9.17, 15) is 26.4 Å². The molecule has 1 aliphatic carbocycles. The van der Waals surface area contributed by atoms with Crippen LogP contribution in [-0.2, 0) is 14.8 Å². The Morgan fingerprint density at radius 1 is 1.14 bits per heavy atom. The first-order valence-corrected chi connectivity index (χ1v) is 10.4. The molecule has 1 aromatic rings. The minimum atomic E-state index is -4.83. The number of nitrogens with zero attached hydrogens (tertiary/aromatic N) is 2. The van der Waals surface area contributed by atoms with E-state index < -0.39 is 22.1 Å². The molecule has 28 heavy (non-hydrogen) atoms. The van der Waals surface area contributed by atoms with Gasteiger partial charge in [0.05, 0.1) is 10.9 Å². The van der Waals surface area contributed by atoms with Gasteiger partial charge in [0.25, 0.3) is 0 Å². The summed E-state index contributed by atoms with van der Waals surface area (Å²) in [7, 11) is -3.83. The Morgan fingerprint density at radius 3 is 2.21 bits per heavy atom. The van der Waals surface area contributed by atoms with Gasteiger partial charge in [0.1, 0.15) is 5.75 Å². The van der Waals surface area contributed by atoms with Crippen LogP contribution >= 0.6 is 0 Å². The third kappa shape index (κ3) is 5.15. The zero-order chi connectivity index (χ0) is 20.5. The number of sulfonamides is 1. The summed E-state index contributed by atoms with van der Waals surface area (Å²) in [5.41, 5.74) is 0. The number of carbonyl (C=O) groups excluding carboxylic acids is 1. The number of rotatable bonds is 6. The molecule has 11 heteroatoms. The van der Waals surface area contributed by atoms with Crippen molar-refractivity contribution in [3.63, 3.8) is 0 Å². The van der Waals surface area contributed by atoms with E-state index in [0.29, 0.717) is 13.1 Å². The average molecular weight is 421 g/mol. The lowest BCUT2D eigenvalue weighted by atomic mass is 10.2. The molecule has 2 aliphatic rings. The Kier molecular flexibility index (Phi) is 5.87. The van der Waals surface area contributed by atoms with Crippen molar-refractivity contribution in [1.82, 2.24) is 14.5 Å². The molecule has 1 saturated carbocycles. The molecule has 1 atom stereocenters. The van der Waals surface area contributed by atoms with Crippen LogP contribution in [0.15, 0.2) is 29.2 Å². The van der Waals surface area contributed by atoms with Crippen molar-refractivity contribution in [2.75, 3.05) is 26.2 Å². The Balaban J connectivity index is 1.58. The quantitative estimate of drug-likeness (QED) is 0.754. The molecular weight excluding hydrogens is 399 g/mol. The molecular formula is C17H22F3N3O4S. The summed E-state index contributed by atoms with van der Waals surface area (Å²) in [6, 6.07) is 4.05. The summed E-state index contributed by atoms with van der Waals surface area (Å²) in [6.45, 7) is 2.98. The Bertz CT molecular complexity index is 802. The fourth-order valence-corrected chi connectivity index (χ4v) is 4.43. The predicted molar refractivity (Wildman–Crippen MR) is 94.1 cm³/mol. The van der Waals surface area contributed by atoms with Crippen molar-refractivity contribution in [3.8, 4) is 5.75 Å². The van der Waals surface area contributed by atoms with Gasteiger partial charge in [-0.1, -0.05) is 0 Å². The van der Waals surface area contributed by atoms with Crippen molar-refractivity contribution in [1.29, 1.82) is 0 Å². The van der Waals surface area contributed by atoms with Crippen LogP contribution in [0.3, 0.4) is 0 Å². The largest absolute Gasteiger partial charge is 0.573 e. The summed E-state index contributed by atoms with van der Waals surface area (Å²) in [6.07, 6.45) is -2.84. The smallest absolute Gasteiger partial charge is 0.406 e. The molecule has 1 heterocycles. The van der Waals surface area contributed by atoms with E-state index in [2.05, 4.69) is 10.1 Å². The van der Waals surface area contributed by atoms with E-state index in [1.807, 2.05) is 4.90 Å². The van der Waals surface area contributed by atoms with Gasteiger partial charge in [0.2, 0.25) is 15.9 Å². The fraction of sp³-hybridized carbons (Fsp3) is 0.588. The van der Waals surface area contributed by atoms with Crippen molar-refractivity contribution in [3.05, 3.63) is 24.3 Å². The molecule has 1 saturated heterocycles. The van der Waals surface area contributed by atoms with E-state index in [-0.39, 0.29) is 36.0 Å². The van der Waals surface area contributed by atoms with Gasteiger partial charge < -0.3 is 10.1 Å². The second kappa shape index (κ2) is 7.88. The summed E-state index contributed by atoms with van der Waals surface area (Å²) >= 11 is 0. The topological polar surface area (TPSA) is 79.0 Å². The number of nitrogens with one attached hydrogen (secondary N) is 1. The molecule has 1 amide bonds. The van der Waals surface area contributed by atoms with E-state index in [1.54, 1.807) is 6.92 Å². The number of benzene rings is 1. The van der Waals surface area contributed by atoms with Crippen LogP contribution in [-0.4, -0.2) is 68.2 Å². The number of ether oxygens (including phenoxy) is 1. The molecule has 0 spiro atoms. The molecule has 0 radical (unpaired) electrons. The molecule has 7 nitrogen and oxygen atoms in total. The lowest BCUT2D eigenvalue weighted by molar-refractivity contribution is -0.274. The average Bonchev–Trinajstić information content (AvgIpc) is 3.44. The van der Waals surface area contributed by atoms with E-state index in [0.717, 1.165) is 37.1 Å². The number of alkyl halides is 3. The third-order valence-electron chi connectivity index (χ3n) is 4.82. The Labute approximate surface area is 161 Å². The van der Waals surface area contributed by atoms with E-state index in [1.165, 1.54) is 4.31 Å². The minimum Gasteiger partial charge on any atom is -0.406 e. The Morgan fingerprint density at radius 2 is 1.71 bits per heavy atom. The van der Waals surface area contributed by atoms with Crippen molar-refractivity contribution in [2.45, 2.75) is 43.1 Å². The first-order valence-electron chi connectivity index (χ1n) is 8.97. The van der Waals surface area contributed by atoms with Gasteiger partial charge in [0, 0.05) is 32.2 Å². The highest BCUT2D eigenvalue weighted by Crippen LogP contribution is 2.26. The first-order chi connectivity index (χ1) is 13.1.